The van der Waals surface area contributed by atoms with E-state index < -0.39 is 0 Å². The molecule has 140 valence electrons. The van der Waals surface area contributed by atoms with Crippen molar-refractivity contribution in [3.8, 4) is 0 Å². The first-order valence-electron chi connectivity index (χ1n) is 9.42. The predicted octanol–water partition coefficient (Wildman–Crippen LogP) is 2.26. The van der Waals surface area contributed by atoms with Crippen LogP contribution in [-0.4, -0.2) is 56.5 Å². The molecular formula is C20H24N6O. The maximum Gasteiger partial charge on any atom is 0.222 e. The number of hydrogen-bond acceptors (Lipinski definition) is 5. The Kier molecular flexibility index (Phi) is 5.00. The van der Waals surface area contributed by atoms with Gasteiger partial charge in [-0.25, -0.2) is 15.0 Å². The number of carbonyl (C=O) groups excluding carboxylic acids is 1. The Hall–Kier alpha value is -2.96. The number of amides is 1. The maximum absolute atomic E-state index is 12.5. The molecule has 1 aliphatic heterocycles. The maximum atomic E-state index is 12.5. The molecule has 2 aromatic heterocycles. The number of carbonyl (C=O) groups is 1. The summed E-state index contributed by atoms with van der Waals surface area (Å²) in [6.45, 7) is 5.89. The number of fused-ring (bicyclic) bond motifs is 1. The Labute approximate surface area is 158 Å². The zero-order chi connectivity index (χ0) is 18.6. The number of aryl methyl sites for hydroxylation is 2. The van der Waals surface area contributed by atoms with Crippen LogP contribution in [0.2, 0.25) is 0 Å². The monoisotopic (exact) mass is 364 g/mol. The zero-order valence-corrected chi connectivity index (χ0v) is 15.6. The lowest BCUT2D eigenvalue weighted by molar-refractivity contribution is -0.131. The minimum absolute atomic E-state index is 0.236. The Morgan fingerprint density at radius 1 is 1.07 bits per heavy atom. The number of para-hydroxylation sites is 1. The van der Waals surface area contributed by atoms with Crippen molar-refractivity contribution in [3.05, 3.63) is 48.8 Å². The number of nitrogens with zero attached hydrogens (tertiary/aromatic N) is 6. The number of imidazole rings is 1. The molecule has 1 saturated heterocycles. The molecular weight excluding hydrogens is 340 g/mol. The fourth-order valence-corrected chi connectivity index (χ4v) is 3.61. The van der Waals surface area contributed by atoms with E-state index in [1.807, 2.05) is 36.2 Å². The average molecular weight is 364 g/mol. The highest BCUT2D eigenvalue weighted by atomic mass is 16.2. The molecule has 0 aliphatic carbocycles. The van der Waals surface area contributed by atoms with E-state index in [0.717, 1.165) is 61.7 Å². The van der Waals surface area contributed by atoms with Gasteiger partial charge in [0.15, 0.2) is 0 Å². The molecule has 0 atom stereocenters. The van der Waals surface area contributed by atoms with Gasteiger partial charge in [0.2, 0.25) is 5.91 Å². The average Bonchev–Trinajstić information content (AvgIpc) is 3.12. The summed E-state index contributed by atoms with van der Waals surface area (Å²) in [5.41, 5.74) is 0.954. The first-order valence-corrected chi connectivity index (χ1v) is 9.42. The zero-order valence-electron chi connectivity index (χ0n) is 15.6. The highest BCUT2D eigenvalue weighted by Crippen LogP contribution is 2.23. The largest absolute Gasteiger partial charge is 0.352 e. The summed E-state index contributed by atoms with van der Waals surface area (Å²) in [5.74, 6) is 2.19. The van der Waals surface area contributed by atoms with Gasteiger partial charge in [-0.2, -0.15) is 0 Å². The van der Waals surface area contributed by atoms with Gasteiger partial charge in [0.1, 0.15) is 18.0 Å². The molecule has 0 radical (unpaired) electrons. The summed E-state index contributed by atoms with van der Waals surface area (Å²) in [7, 11) is 0. The van der Waals surface area contributed by atoms with Crippen LogP contribution in [0.1, 0.15) is 18.7 Å². The molecule has 3 heterocycles. The third-order valence-electron chi connectivity index (χ3n) is 5.17. The molecule has 1 aliphatic rings. The first kappa shape index (κ1) is 17.5. The molecule has 7 nitrogen and oxygen atoms in total. The van der Waals surface area contributed by atoms with Gasteiger partial charge in [-0.1, -0.05) is 12.1 Å². The summed E-state index contributed by atoms with van der Waals surface area (Å²) in [5, 5.41) is 1.07. The van der Waals surface area contributed by atoms with E-state index in [1.54, 1.807) is 12.5 Å². The minimum atomic E-state index is 0.236. The van der Waals surface area contributed by atoms with Gasteiger partial charge in [0, 0.05) is 56.9 Å². The summed E-state index contributed by atoms with van der Waals surface area (Å²) in [4.78, 5) is 29.8. The highest BCUT2D eigenvalue weighted by Gasteiger charge is 2.22. The molecule has 0 bridgehead atoms. The molecule has 3 aromatic rings. The summed E-state index contributed by atoms with van der Waals surface area (Å²) >= 11 is 0. The van der Waals surface area contributed by atoms with E-state index in [9.17, 15) is 4.79 Å². The van der Waals surface area contributed by atoms with Crippen LogP contribution in [0, 0.1) is 6.92 Å². The van der Waals surface area contributed by atoms with Gasteiger partial charge in [-0.15, -0.1) is 0 Å². The van der Waals surface area contributed by atoms with Crippen LogP contribution in [0.3, 0.4) is 0 Å². The topological polar surface area (TPSA) is 67.2 Å². The van der Waals surface area contributed by atoms with Gasteiger partial charge in [0.25, 0.3) is 0 Å². The van der Waals surface area contributed by atoms with E-state index in [0.29, 0.717) is 6.42 Å². The molecule has 0 spiro atoms. The fourth-order valence-electron chi connectivity index (χ4n) is 3.61. The van der Waals surface area contributed by atoms with Crippen molar-refractivity contribution in [1.82, 2.24) is 24.4 Å². The molecule has 0 saturated carbocycles. The van der Waals surface area contributed by atoms with Crippen LogP contribution in [-0.2, 0) is 11.3 Å². The van der Waals surface area contributed by atoms with Crippen LogP contribution in [0.25, 0.3) is 10.9 Å². The summed E-state index contributed by atoms with van der Waals surface area (Å²) in [6, 6.07) is 8.06. The van der Waals surface area contributed by atoms with E-state index in [-0.39, 0.29) is 5.91 Å². The Morgan fingerprint density at radius 2 is 1.89 bits per heavy atom. The van der Waals surface area contributed by atoms with Gasteiger partial charge in [-0.05, 0) is 25.5 Å². The van der Waals surface area contributed by atoms with Crippen molar-refractivity contribution >= 4 is 22.6 Å². The molecule has 1 aromatic carbocycles. The standard InChI is InChI=1S/C20H24N6O/c1-16-21-8-10-24(16)9-4-7-19(27)25-11-13-26(14-12-25)20-17-5-2-3-6-18(17)22-15-23-20/h2-3,5-6,8,10,15H,4,7,9,11-14H2,1H3. The lowest BCUT2D eigenvalue weighted by Crippen LogP contribution is -2.49. The number of aromatic nitrogens is 4. The lowest BCUT2D eigenvalue weighted by atomic mass is 10.2. The SMILES string of the molecule is Cc1nccn1CCCC(=O)N1CCN(c2ncnc3ccccc23)CC1. The molecule has 1 amide bonds. The normalized spacial score (nSPS) is 14.7. The third-order valence-corrected chi connectivity index (χ3v) is 5.17. The van der Waals surface area contributed by atoms with E-state index in [4.69, 9.17) is 0 Å². The second kappa shape index (κ2) is 7.73. The van der Waals surface area contributed by atoms with E-state index >= 15 is 0 Å². The van der Waals surface area contributed by atoms with Crippen molar-refractivity contribution in [1.29, 1.82) is 0 Å². The van der Waals surface area contributed by atoms with Crippen molar-refractivity contribution in [2.24, 2.45) is 0 Å². The number of rotatable bonds is 5. The molecule has 4 rings (SSSR count). The predicted molar refractivity (Wildman–Crippen MR) is 105 cm³/mol. The molecule has 0 N–H and O–H groups in total. The highest BCUT2D eigenvalue weighted by molar-refractivity contribution is 5.89. The van der Waals surface area contributed by atoms with E-state index in [2.05, 4.69) is 30.5 Å². The lowest BCUT2D eigenvalue weighted by Gasteiger charge is -2.35. The third kappa shape index (κ3) is 3.77. The van der Waals surface area contributed by atoms with Crippen LogP contribution in [0.5, 0.6) is 0 Å². The molecule has 0 unspecified atom stereocenters. The van der Waals surface area contributed by atoms with Crippen LogP contribution >= 0.6 is 0 Å². The number of benzene rings is 1. The Morgan fingerprint density at radius 3 is 2.67 bits per heavy atom. The van der Waals surface area contributed by atoms with E-state index in [1.165, 1.54) is 0 Å². The van der Waals surface area contributed by atoms with Gasteiger partial charge < -0.3 is 14.4 Å². The minimum Gasteiger partial charge on any atom is -0.352 e. The first-order chi connectivity index (χ1) is 13.2. The van der Waals surface area contributed by atoms with Crippen LogP contribution in [0.15, 0.2) is 43.0 Å². The quantitative estimate of drug-likeness (QED) is 0.695. The molecule has 27 heavy (non-hydrogen) atoms. The fraction of sp³-hybridized carbons (Fsp3) is 0.400. The second-order valence-corrected chi connectivity index (χ2v) is 6.85. The number of anilines is 1. The Bertz CT molecular complexity index is 924. The molecule has 1 fully saturated rings. The summed E-state index contributed by atoms with van der Waals surface area (Å²) in [6.07, 6.45) is 6.80. The van der Waals surface area contributed by atoms with Crippen molar-refractivity contribution in [2.45, 2.75) is 26.3 Å². The van der Waals surface area contributed by atoms with Crippen LogP contribution < -0.4 is 4.90 Å². The smallest absolute Gasteiger partial charge is 0.222 e. The van der Waals surface area contributed by atoms with Gasteiger partial charge >= 0.3 is 0 Å². The second-order valence-electron chi connectivity index (χ2n) is 6.85. The Balaban J connectivity index is 1.32. The number of hydrogen-bond donors (Lipinski definition) is 0. The molecule has 7 heteroatoms. The van der Waals surface area contributed by atoms with Gasteiger partial charge in [-0.3, -0.25) is 4.79 Å². The van der Waals surface area contributed by atoms with Crippen molar-refractivity contribution in [3.63, 3.8) is 0 Å². The van der Waals surface area contributed by atoms with Crippen LogP contribution in [0.4, 0.5) is 5.82 Å². The number of piperazine rings is 1. The van der Waals surface area contributed by atoms with Gasteiger partial charge in [0.05, 0.1) is 5.52 Å². The van der Waals surface area contributed by atoms with Crippen molar-refractivity contribution < 1.29 is 4.79 Å². The van der Waals surface area contributed by atoms with Crippen molar-refractivity contribution in [2.75, 3.05) is 31.1 Å². The summed E-state index contributed by atoms with van der Waals surface area (Å²) < 4.78 is 2.09.